The van der Waals surface area contributed by atoms with Crippen molar-refractivity contribution in [3.8, 4) is 17.5 Å². The number of pyridine rings is 1. The Kier molecular flexibility index (Phi) is 5.17. The summed E-state index contributed by atoms with van der Waals surface area (Å²) < 4.78 is 5.48. The SMILES string of the molecule is CC(C)[C@@H](NCc1cccc(C#N)c1)c1nc(-c2ccncc2)no1. The van der Waals surface area contributed by atoms with E-state index in [2.05, 4.69) is 40.4 Å². The van der Waals surface area contributed by atoms with Gasteiger partial charge in [0.2, 0.25) is 11.7 Å². The molecule has 1 aromatic carbocycles. The van der Waals surface area contributed by atoms with Crippen LogP contribution in [0.5, 0.6) is 0 Å². The molecule has 0 fully saturated rings. The summed E-state index contributed by atoms with van der Waals surface area (Å²) in [7, 11) is 0. The minimum Gasteiger partial charge on any atom is -0.337 e. The molecule has 2 aromatic heterocycles. The van der Waals surface area contributed by atoms with Crippen LogP contribution in [-0.2, 0) is 6.54 Å². The van der Waals surface area contributed by atoms with Crippen LogP contribution < -0.4 is 5.32 Å². The minimum absolute atomic E-state index is 0.0752. The molecular weight excluding hydrogens is 314 g/mol. The third-order valence-electron chi connectivity index (χ3n) is 3.90. The Labute approximate surface area is 146 Å². The van der Waals surface area contributed by atoms with Crippen LogP contribution in [0.2, 0.25) is 0 Å². The first-order chi connectivity index (χ1) is 12.2. The van der Waals surface area contributed by atoms with Gasteiger partial charge >= 0.3 is 0 Å². The van der Waals surface area contributed by atoms with Gasteiger partial charge in [-0.1, -0.05) is 31.1 Å². The third kappa shape index (κ3) is 4.08. The van der Waals surface area contributed by atoms with Gasteiger partial charge in [-0.15, -0.1) is 0 Å². The maximum absolute atomic E-state index is 9.01. The summed E-state index contributed by atoms with van der Waals surface area (Å²) in [5.74, 6) is 1.37. The van der Waals surface area contributed by atoms with E-state index < -0.39 is 0 Å². The summed E-state index contributed by atoms with van der Waals surface area (Å²) in [5, 5.41) is 16.5. The molecule has 0 bridgehead atoms. The molecule has 0 aliphatic heterocycles. The standard InChI is InChI=1S/C19H19N5O/c1-13(2)17(22-12-15-5-3-4-14(10-15)11-20)19-23-18(24-25-19)16-6-8-21-9-7-16/h3-10,13,17,22H,12H2,1-2H3/t17-/m1/s1. The molecule has 0 saturated carbocycles. The topological polar surface area (TPSA) is 87.6 Å². The quantitative estimate of drug-likeness (QED) is 0.743. The second-order valence-corrected chi connectivity index (χ2v) is 6.11. The van der Waals surface area contributed by atoms with Crippen LogP contribution in [0.1, 0.15) is 36.9 Å². The molecular formula is C19H19N5O. The zero-order valence-corrected chi connectivity index (χ0v) is 14.2. The largest absolute Gasteiger partial charge is 0.337 e. The van der Waals surface area contributed by atoms with Crippen molar-refractivity contribution in [2.24, 2.45) is 5.92 Å². The van der Waals surface area contributed by atoms with Crippen LogP contribution in [-0.4, -0.2) is 15.1 Å². The molecule has 1 N–H and O–H groups in total. The van der Waals surface area contributed by atoms with E-state index in [1.165, 1.54) is 0 Å². The number of nitrogens with one attached hydrogen (secondary N) is 1. The Hall–Kier alpha value is -3.04. The molecule has 0 aliphatic rings. The maximum Gasteiger partial charge on any atom is 0.244 e. The van der Waals surface area contributed by atoms with Gasteiger partial charge in [-0.3, -0.25) is 4.98 Å². The maximum atomic E-state index is 9.01. The highest BCUT2D eigenvalue weighted by atomic mass is 16.5. The molecule has 0 saturated heterocycles. The summed E-state index contributed by atoms with van der Waals surface area (Å²) in [6.07, 6.45) is 3.40. The van der Waals surface area contributed by atoms with Gasteiger partial charge in [0.05, 0.1) is 17.7 Å². The van der Waals surface area contributed by atoms with Crippen molar-refractivity contribution >= 4 is 0 Å². The van der Waals surface area contributed by atoms with Gasteiger partial charge in [0.1, 0.15) is 0 Å². The summed E-state index contributed by atoms with van der Waals surface area (Å²) in [6, 6.07) is 13.3. The van der Waals surface area contributed by atoms with Gasteiger partial charge in [0, 0.05) is 24.5 Å². The third-order valence-corrected chi connectivity index (χ3v) is 3.90. The van der Waals surface area contributed by atoms with Crippen LogP contribution in [0.4, 0.5) is 0 Å². The van der Waals surface area contributed by atoms with Gasteiger partial charge in [-0.25, -0.2) is 0 Å². The van der Waals surface area contributed by atoms with Crippen LogP contribution >= 0.6 is 0 Å². The van der Waals surface area contributed by atoms with Gasteiger partial charge in [0.15, 0.2) is 0 Å². The van der Waals surface area contributed by atoms with Crippen LogP contribution in [0.3, 0.4) is 0 Å². The minimum atomic E-state index is -0.0752. The van der Waals surface area contributed by atoms with Gasteiger partial charge in [0.25, 0.3) is 0 Å². The van der Waals surface area contributed by atoms with Crippen molar-refractivity contribution in [3.05, 3.63) is 65.8 Å². The van der Waals surface area contributed by atoms with Crippen molar-refractivity contribution in [3.63, 3.8) is 0 Å². The molecule has 6 heteroatoms. The molecule has 126 valence electrons. The lowest BCUT2D eigenvalue weighted by Crippen LogP contribution is -2.25. The number of nitriles is 1. The molecule has 0 unspecified atom stereocenters. The highest BCUT2D eigenvalue weighted by Gasteiger charge is 2.22. The first-order valence-electron chi connectivity index (χ1n) is 8.14. The van der Waals surface area contributed by atoms with Gasteiger partial charge in [-0.05, 0) is 35.7 Å². The molecule has 1 atom stereocenters. The zero-order valence-electron chi connectivity index (χ0n) is 14.2. The molecule has 3 aromatic rings. The van der Waals surface area contributed by atoms with Crippen molar-refractivity contribution < 1.29 is 4.52 Å². The highest BCUT2D eigenvalue weighted by Crippen LogP contribution is 2.23. The van der Waals surface area contributed by atoms with E-state index in [-0.39, 0.29) is 12.0 Å². The first-order valence-corrected chi connectivity index (χ1v) is 8.14. The van der Waals surface area contributed by atoms with Crippen LogP contribution in [0.15, 0.2) is 53.3 Å². The lowest BCUT2D eigenvalue weighted by molar-refractivity contribution is 0.288. The van der Waals surface area contributed by atoms with Gasteiger partial charge < -0.3 is 9.84 Å². The Morgan fingerprint density at radius 2 is 2.00 bits per heavy atom. The summed E-state index contributed by atoms with van der Waals surface area (Å²) >= 11 is 0. The Morgan fingerprint density at radius 1 is 1.20 bits per heavy atom. The monoisotopic (exact) mass is 333 g/mol. The summed E-state index contributed by atoms with van der Waals surface area (Å²) in [4.78, 5) is 8.52. The van der Waals surface area contributed by atoms with E-state index in [9.17, 15) is 0 Å². The number of hydrogen-bond donors (Lipinski definition) is 1. The predicted molar refractivity (Wildman–Crippen MR) is 93.1 cm³/mol. The molecule has 3 rings (SSSR count). The average Bonchev–Trinajstić information content (AvgIpc) is 3.12. The number of nitrogens with zero attached hydrogens (tertiary/aromatic N) is 4. The van der Waals surface area contributed by atoms with Crippen LogP contribution in [0, 0.1) is 17.2 Å². The van der Waals surface area contributed by atoms with E-state index in [0.29, 0.717) is 23.8 Å². The predicted octanol–water partition coefficient (Wildman–Crippen LogP) is 3.49. The fraction of sp³-hybridized carbons (Fsp3) is 0.263. The molecule has 2 heterocycles. The van der Waals surface area contributed by atoms with E-state index in [1.54, 1.807) is 18.5 Å². The fourth-order valence-corrected chi connectivity index (χ4v) is 2.57. The van der Waals surface area contributed by atoms with Gasteiger partial charge in [-0.2, -0.15) is 10.2 Å². The van der Waals surface area contributed by atoms with Crippen molar-refractivity contribution in [2.45, 2.75) is 26.4 Å². The van der Waals surface area contributed by atoms with E-state index in [1.807, 2.05) is 30.3 Å². The average molecular weight is 333 g/mol. The Bertz CT molecular complexity index is 867. The second-order valence-electron chi connectivity index (χ2n) is 6.11. The molecule has 0 amide bonds. The first kappa shape index (κ1) is 16.8. The second kappa shape index (κ2) is 7.69. The zero-order chi connectivity index (χ0) is 17.6. The van der Waals surface area contributed by atoms with Crippen molar-refractivity contribution in [2.75, 3.05) is 0 Å². The smallest absolute Gasteiger partial charge is 0.244 e. The number of hydrogen-bond acceptors (Lipinski definition) is 6. The molecule has 6 nitrogen and oxygen atoms in total. The lowest BCUT2D eigenvalue weighted by Gasteiger charge is -2.18. The molecule has 0 aliphatic carbocycles. The Balaban J connectivity index is 1.75. The summed E-state index contributed by atoms with van der Waals surface area (Å²) in [5.41, 5.74) is 2.56. The van der Waals surface area contributed by atoms with E-state index in [0.717, 1.165) is 11.1 Å². The van der Waals surface area contributed by atoms with Crippen molar-refractivity contribution in [1.82, 2.24) is 20.4 Å². The highest BCUT2D eigenvalue weighted by molar-refractivity contribution is 5.52. The number of aromatic nitrogens is 3. The molecule has 0 spiro atoms. The van der Waals surface area contributed by atoms with E-state index in [4.69, 9.17) is 9.78 Å². The molecule has 25 heavy (non-hydrogen) atoms. The number of rotatable bonds is 6. The van der Waals surface area contributed by atoms with Crippen molar-refractivity contribution in [1.29, 1.82) is 5.26 Å². The normalized spacial score (nSPS) is 12.1. The fourth-order valence-electron chi connectivity index (χ4n) is 2.57. The molecule has 0 radical (unpaired) electrons. The number of benzene rings is 1. The Morgan fingerprint density at radius 3 is 2.72 bits per heavy atom. The lowest BCUT2D eigenvalue weighted by atomic mass is 10.0. The van der Waals surface area contributed by atoms with Crippen LogP contribution in [0.25, 0.3) is 11.4 Å². The summed E-state index contributed by atoms with van der Waals surface area (Å²) in [6.45, 7) is 4.81. The van der Waals surface area contributed by atoms with E-state index >= 15 is 0 Å².